The number of carbonyl (C=O) groups excluding carboxylic acids is 2. The molecule has 0 saturated heterocycles. The Labute approximate surface area is 187 Å². The van der Waals surface area contributed by atoms with Crippen LogP contribution in [-0.2, 0) is 9.59 Å². The molecule has 0 aromatic heterocycles. The van der Waals surface area contributed by atoms with Crippen molar-refractivity contribution in [2.45, 2.75) is 19.3 Å². The molecule has 0 spiro atoms. The molecule has 3 rings (SSSR count). The Kier molecular flexibility index (Phi) is 8.91. The van der Waals surface area contributed by atoms with Gasteiger partial charge in [0.1, 0.15) is 6.54 Å². The first-order chi connectivity index (χ1) is 13.7. The molecular weight excluding hydrogens is 481 g/mol. The SMILES string of the molecule is CCNC(=NCC(=O)Nc1ccccc1)NCC1CC(=O)Nc2ccccc21.I. The zero-order chi connectivity index (χ0) is 19.8. The van der Waals surface area contributed by atoms with Gasteiger partial charge in [-0.15, -0.1) is 24.0 Å². The lowest BCUT2D eigenvalue weighted by Gasteiger charge is -2.26. The van der Waals surface area contributed by atoms with Crippen molar-refractivity contribution in [3.63, 3.8) is 0 Å². The Balaban J connectivity index is 0.00000300. The number of aliphatic imine (C=N–C) groups is 1. The van der Waals surface area contributed by atoms with Crippen LogP contribution < -0.4 is 21.3 Å². The first kappa shape index (κ1) is 22.7. The van der Waals surface area contributed by atoms with E-state index >= 15 is 0 Å². The molecule has 0 fully saturated rings. The summed E-state index contributed by atoms with van der Waals surface area (Å²) in [5.41, 5.74) is 2.70. The first-order valence-corrected chi connectivity index (χ1v) is 9.41. The van der Waals surface area contributed by atoms with Gasteiger partial charge in [0.2, 0.25) is 11.8 Å². The molecule has 8 heteroatoms. The number of anilines is 2. The van der Waals surface area contributed by atoms with Crippen molar-refractivity contribution in [3.8, 4) is 0 Å². The second-order valence-electron chi connectivity index (χ2n) is 6.53. The number of para-hydroxylation sites is 2. The molecule has 1 aliphatic rings. The molecule has 0 aliphatic carbocycles. The molecule has 1 unspecified atom stereocenters. The third kappa shape index (κ3) is 6.74. The summed E-state index contributed by atoms with van der Waals surface area (Å²) in [6, 6.07) is 17.1. The highest BCUT2D eigenvalue weighted by Crippen LogP contribution is 2.31. The van der Waals surface area contributed by atoms with E-state index in [9.17, 15) is 9.59 Å². The highest BCUT2D eigenvalue weighted by atomic mass is 127. The Morgan fingerprint density at radius 1 is 1.10 bits per heavy atom. The standard InChI is InChI=1S/C21H25N5O2.HI/c1-2-22-21(24-14-20(28)25-16-8-4-3-5-9-16)23-13-15-12-19(27)26-18-11-7-6-10-17(15)18;/h3-11,15H,2,12-14H2,1H3,(H,25,28)(H,26,27)(H2,22,23,24);1H. The van der Waals surface area contributed by atoms with Crippen LogP contribution in [0.3, 0.4) is 0 Å². The third-order valence-electron chi connectivity index (χ3n) is 4.40. The molecule has 154 valence electrons. The van der Waals surface area contributed by atoms with Gasteiger partial charge in [0.15, 0.2) is 5.96 Å². The average molecular weight is 507 g/mol. The Morgan fingerprint density at radius 2 is 1.83 bits per heavy atom. The fourth-order valence-electron chi connectivity index (χ4n) is 3.12. The monoisotopic (exact) mass is 507 g/mol. The minimum absolute atomic E-state index is 0. The van der Waals surface area contributed by atoms with Crippen molar-refractivity contribution in [1.29, 1.82) is 0 Å². The average Bonchev–Trinajstić information content (AvgIpc) is 2.70. The summed E-state index contributed by atoms with van der Waals surface area (Å²) in [7, 11) is 0. The second kappa shape index (κ2) is 11.4. The number of hydrogen-bond donors (Lipinski definition) is 4. The van der Waals surface area contributed by atoms with E-state index in [0.717, 1.165) is 16.9 Å². The molecule has 1 heterocycles. The van der Waals surface area contributed by atoms with Crippen molar-refractivity contribution in [2.24, 2.45) is 4.99 Å². The van der Waals surface area contributed by atoms with Gasteiger partial charge in [-0.05, 0) is 30.7 Å². The van der Waals surface area contributed by atoms with E-state index in [1.165, 1.54) is 0 Å². The molecule has 1 atom stereocenters. The number of rotatable bonds is 6. The lowest BCUT2D eigenvalue weighted by atomic mass is 9.90. The maximum absolute atomic E-state index is 12.1. The number of carbonyl (C=O) groups is 2. The molecule has 2 aromatic carbocycles. The number of fused-ring (bicyclic) bond motifs is 1. The predicted molar refractivity (Wildman–Crippen MR) is 127 cm³/mol. The normalized spacial score (nSPS) is 15.4. The van der Waals surface area contributed by atoms with Gasteiger partial charge in [0.05, 0.1) is 0 Å². The van der Waals surface area contributed by atoms with Gasteiger partial charge >= 0.3 is 0 Å². The highest BCUT2D eigenvalue weighted by molar-refractivity contribution is 14.0. The van der Waals surface area contributed by atoms with Gasteiger partial charge in [-0.3, -0.25) is 9.59 Å². The highest BCUT2D eigenvalue weighted by Gasteiger charge is 2.24. The predicted octanol–water partition coefficient (Wildman–Crippen LogP) is 2.92. The maximum atomic E-state index is 12.1. The summed E-state index contributed by atoms with van der Waals surface area (Å²) in [6.45, 7) is 3.20. The summed E-state index contributed by atoms with van der Waals surface area (Å²) in [6.07, 6.45) is 0.415. The van der Waals surface area contributed by atoms with Gasteiger partial charge in [0, 0.05) is 36.8 Å². The number of nitrogens with one attached hydrogen (secondary N) is 4. The van der Waals surface area contributed by atoms with Crippen LogP contribution in [0, 0.1) is 0 Å². The van der Waals surface area contributed by atoms with Gasteiger partial charge < -0.3 is 21.3 Å². The van der Waals surface area contributed by atoms with E-state index in [1.54, 1.807) is 0 Å². The number of benzene rings is 2. The summed E-state index contributed by atoms with van der Waals surface area (Å²) >= 11 is 0. The van der Waals surface area contributed by atoms with E-state index in [-0.39, 0.29) is 48.3 Å². The van der Waals surface area contributed by atoms with Gasteiger partial charge in [-0.2, -0.15) is 0 Å². The lowest BCUT2D eigenvalue weighted by molar-refractivity contribution is -0.117. The van der Waals surface area contributed by atoms with E-state index < -0.39 is 0 Å². The number of nitrogens with zero attached hydrogens (tertiary/aromatic N) is 1. The molecule has 0 radical (unpaired) electrons. The number of halogens is 1. The van der Waals surface area contributed by atoms with E-state index in [4.69, 9.17) is 0 Å². The minimum atomic E-state index is -0.189. The summed E-state index contributed by atoms with van der Waals surface area (Å²) in [5, 5.41) is 12.1. The van der Waals surface area contributed by atoms with Crippen LogP contribution in [0.5, 0.6) is 0 Å². The van der Waals surface area contributed by atoms with Crippen LogP contribution in [0.15, 0.2) is 59.6 Å². The lowest BCUT2D eigenvalue weighted by Crippen LogP contribution is -2.41. The maximum Gasteiger partial charge on any atom is 0.246 e. The molecular formula is C21H26IN5O2. The fraction of sp³-hybridized carbons (Fsp3) is 0.286. The second-order valence-corrected chi connectivity index (χ2v) is 6.53. The summed E-state index contributed by atoms with van der Waals surface area (Å²) < 4.78 is 0. The molecule has 2 amide bonds. The molecule has 29 heavy (non-hydrogen) atoms. The number of hydrogen-bond acceptors (Lipinski definition) is 3. The van der Waals surface area contributed by atoms with E-state index in [1.807, 2.05) is 61.5 Å². The van der Waals surface area contributed by atoms with Crippen molar-refractivity contribution >= 4 is 53.1 Å². The zero-order valence-electron chi connectivity index (χ0n) is 16.3. The van der Waals surface area contributed by atoms with Crippen LogP contribution in [0.25, 0.3) is 0 Å². The Morgan fingerprint density at radius 3 is 2.59 bits per heavy atom. The summed E-state index contributed by atoms with van der Waals surface area (Å²) in [4.78, 5) is 28.4. The van der Waals surface area contributed by atoms with Gasteiger partial charge in [-0.1, -0.05) is 36.4 Å². The van der Waals surface area contributed by atoms with Crippen LogP contribution in [0.1, 0.15) is 24.8 Å². The smallest absolute Gasteiger partial charge is 0.246 e. The van der Waals surface area contributed by atoms with Gasteiger partial charge in [-0.25, -0.2) is 4.99 Å². The van der Waals surface area contributed by atoms with E-state index in [0.29, 0.717) is 25.5 Å². The minimum Gasteiger partial charge on any atom is -0.357 e. The molecule has 0 saturated carbocycles. The first-order valence-electron chi connectivity index (χ1n) is 9.41. The largest absolute Gasteiger partial charge is 0.357 e. The molecule has 0 bridgehead atoms. The Hall–Kier alpha value is -2.62. The van der Waals surface area contributed by atoms with Crippen LogP contribution in [0.4, 0.5) is 11.4 Å². The van der Waals surface area contributed by atoms with Crippen molar-refractivity contribution in [1.82, 2.24) is 10.6 Å². The van der Waals surface area contributed by atoms with Crippen molar-refractivity contribution in [3.05, 3.63) is 60.2 Å². The number of amides is 2. The molecule has 4 N–H and O–H groups in total. The van der Waals surface area contributed by atoms with Crippen LogP contribution in [-0.4, -0.2) is 37.4 Å². The zero-order valence-corrected chi connectivity index (χ0v) is 18.6. The summed E-state index contributed by atoms with van der Waals surface area (Å²) in [5.74, 6) is 0.418. The van der Waals surface area contributed by atoms with E-state index in [2.05, 4.69) is 26.3 Å². The molecule has 7 nitrogen and oxygen atoms in total. The quantitative estimate of drug-likeness (QED) is 0.275. The van der Waals surface area contributed by atoms with Crippen molar-refractivity contribution in [2.75, 3.05) is 30.3 Å². The van der Waals surface area contributed by atoms with Crippen LogP contribution >= 0.6 is 24.0 Å². The fourth-order valence-corrected chi connectivity index (χ4v) is 3.12. The topological polar surface area (TPSA) is 94.6 Å². The number of guanidine groups is 1. The van der Waals surface area contributed by atoms with Crippen LogP contribution in [0.2, 0.25) is 0 Å². The van der Waals surface area contributed by atoms with Gasteiger partial charge in [0.25, 0.3) is 0 Å². The molecule has 1 aliphatic heterocycles. The molecule has 2 aromatic rings. The van der Waals surface area contributed by atoms with Crippen molar-refractivity contribution < 1.29 is 9.59 Å². The Bertz CT molecular complexity index is 857. The third-order valence-corrected chi connectivity index (χ3v) is 4.40.